The molecule has 54 valence electrons. The minimum Gasteiger partial charge on any atom is -0.369 e. The molecule has 0 aliphatic carbocycles. The van der Waals surface area contributed by atoms with Gasteiger partial charge in [-0.2, -0.15) is 0 Å². The largest absolute Gasteiger partial charge is 0.369 e. The Hall–Kier alpha value is 0.270. The number of hydrogen-bond acceptors (Lipinski definition) is 3. The Morgan fingerprint density at radius 1 is 1.89 bits per heavy atom. The fourth-order valence-electron chi connectivity index (χ4n) is 0.328. The highest BCUT2D eigenvalue weighted by Crippen LogP contribution is 2.13. The molecule has 0 N–H and O–H groups in total. The average Bonchev–Trinajstić information content (AvgIpc) is 1.82. The number of thioether (sulfide) groups is 1. The van der Waals surface area contributed by atoms with Crippen LogP contribution in [0, 0.1) is 0 Å². The molecule has 1 unspecified atom stereocenters. The van der Waals surface area contributed by atoms with E-state index in [9.17, 15) is 4.79 Å². The number of hydrogen-bond donors (Lipinski definition) is 0. The Bertz CT molecular complexity index is 93.0. The minimum absolute atomic E-state index is 0.0301. The van der Waals surface area contributed by atoms with Crippen molar-refractivity contribution in [3.05, 3.63) is 0 Å². The number of carbonyl (C=O) groups excluding carboxylic acids is 1. The van der Waals surface area contributed by atoms with Gasteiger partial charge in [-0.1, -0.05) is 11.8 Å². The number of carbonyl (C=O) groups is 1. The molecular weight excluding hydrogens is 160 g/mol. The highest BCUT2D eigenvalue weighted by molar-refractivity contribution is 8.14. The van der Waals surface area contributed by atoms with Gasteiger partial charge in [-0.15, -0.1) is 11.6 Å². The van der Waals surface area contributed by atoms with Crippen molar-refractivity contribution in [2.24, 2.45) is 0 Å². The summed E-state index contributed by atoms with van der Waals surface area (Å²) in [5, 5.41) is 0.0301. The summed E-state index contributed by atoms with van der Waals surface area (Å²) in [4.78, 5) is 10.4. The molecule has 0 aromatic rings. The summed E-state index contributed by atoms with van der Waals surface area (Å²) >= 11 is 6.52. The van der Waals surface area contributed by atoms with Crippen LogP contribution >= 0.6 is 23.4 Å². The van der Waals surface area contributed by atoms with Gasteiger partial charge in [0, 0.05) is 14.0 Å². The van der Waals surface area contributed by atoms with E-state index in [1.807, 2.05) is 0 Å². The second-order valence-corrected chi connectivity index (χ2v) is 3.07. The molecule has 0 aliphatic rings. The van der Waals surface area contributed by atoms with E-state index in [4.69, 9.17) is 16.3 Å². The third-order valence-corrected chi connectivity index (χ3v) is 2.10. The maximum absolute atomic E-state index is 10.4. The molecule has 0 aromatic carbocycles. The molecule has 2 nitrogen and oxygen atoms in total. The predicted molar refractivity (Wildman–Crippen MR) is 39.8 cm³/mol. The standard InChI is InChI=1S/C5H9ClO2S/c1-4(7)9-5(3-6)8-2/h5H,3H2,1-2H3. The molecule has 9 heavy (non-hydrogen) atoms. The van der Waals surface area contributed by atoms with E-state index in [0.29, 0.717) is 5.88 Å². The zero-order chi connectivity index (χ0) is 7.28. The third kappa shape index (κ3) is 4.75. The fourth-order valence-corrected chi connectivity index (χ4v) is 1.17. The van der Waals surface area contributed by atoms with E-state index < -0.39 is 0 Å². The number of methoxy groups -OCH3 is 1. The maximum Gasteiger partial charge on any atom is 0.188 e. The molecule has 0 heterocycles. The van der Waals surface area contributed by atoms with Crippen molar-refractivity contribution in [2.45, 2.75) is 12.4 Å². The summed E-state index contributed by atoms with van der Waals surface area (Å²) in [6, 6.07) is 0. The molecule has 0 amide bonds. The van der Waals surface area contributed by atoms with E-state index >= 15 is 0 Å². The quantitative estimate of drug-likeness (QED) is 0.472. The first-order valence-electron chi connectivity index (χ1n) is 2.46. The van der Waals surface area contributed by atoms with Crippen LogP contribution in [0.4, 0.5) is 0 Å². The molecule has 0 fully saturated rings. The van der Waals surface area contributed by atoms with Crippen molar-refractivity contribution in [1.29, 1.82) is 0 Å². The monoisotopic (exact) mass is 168 g/mol. The lowest BCUT2D eigenvalue weighted by Crippen LogP contribution is -2.08. The normalized spacial score (nSPS) is 13.2. The van der Waals surface area contributed by atoms with Crippen LogP contribution in [0.2, 0.25) is 0 Å². The van der Waals surface area contributed by atoms with Gasteiger partial charge in [-0.05, 0) is 0 Å². The SMILES string of the molecule is COC(CCl)SC(C)=O. The zero-order valence-corrected chi connectivity index (χ0v) is 6.96. The predicted octanol–water partition coefficient (Wildman–Crippen LogP) is 1.48. The van der Waals surface area contributed by atoms with Crippen LogP contribution in [-0.4, -0.2) is 23.5 Å². The molecule has 4 heteroatoms. The van der Waals surface area contributed by atoms with Gasteiger partial charge in [0.1, 0.15) is 5.44 Å². The number of ether oxygens (including phenoxy) is 1. The first-order valence-corrected chi connectivity index (χ1v) is 3.88. The van der Waals surface area contributed by atoms with Crippen molar-refractivity contribution in [1.82, 2.24) is 0 Å². The van der Waals surface area contributed by atoms with Crippen LogP contribution in [0.1, 0.15) is 6.92 Å². The first kappa shape index (κ1) is 9.27. The van der Waals surface area contributed by atoms with E-state index in [0.717, 1.165) is 11.8 Å². The lowest BCUT2D eigenvalue weighted by atomic mass is 10.8. The summed E-state index contributed by atoms with van der Waals surface area (Å²) in [6.07, 6.45) is 0. The minimum atomic E-state index is -0.191. The Balaban J connectivity index is 3.43. The summed E-state index contributed by atoms with van der Waals surface area (Å²) in [5.74, 6) is 0.348. The fraction of sp³-hybridized carbons (Fsp3) is 0.800. The van der Waals surface area contributed by atoms with Gasteiger partial charge in [-0.25, -0.2) is 0 Å². The van der Waals surface area contributed by atoms with Crippen LogP contribution in [0.15, 0.2) is 0 Å². The van der Waals surface area contributed by atoms with E-state index in [2.05, 4.69) is 0 Å². The molecule has 0 aromatic heterocycles. The smallest absolute Gasteiger partial charge is 0.188 e. The van der Waals surface area contributed by atoms with Gasteiger partial charge in [0.15, 0.2) is 5.12 Å². The molecule has 0 saturated carbocycles. The van der Waals surface area contributed by atoms with Gasteiger partial charge in [0.05, 0.1) is 5.88 Å². The molecule has 0 aliphatic heterocycles. The second-order valence-electron chi connectivity index (χ2n) is 1.43. The maximum atomic E-state index is 10.4. The number of halogens is 1. The van der Waals surface area contributed by atoms with Gasteiger partial charge in [0.25, 0.3) is 0 Å². The van der Waals surface area contributed by atoms with E-state index in [1.165, 1.54) is 14.0 Å². The third-order valence-electron chi connectivity index (χ3n) is 0.686. The lowest BCUT2D eigenvalue weighted by molar-refractivity contribution is -0.109. The van der Waals surface area contributed by atoms with Crippen molar-refractivity contribution >= 4 is 28.5 Å². The number of alkyl halides is 1. The zero-order valence-electron chi connectivity index (χ0n) is 5.39. The van der Waals surface area contributed by atoms with Gasteiger partial charge >= 0.3 is 0 Å². The Morgan fingerprint density at radius 3 is 2.56 bits per heavy atom. The summed E-state index contributed by atoms with van der Waals surface area (Å²) in [5.41, 5.74) is -0.191. The van der Waals surface area contributed by atoms with Crippen LogP contribution in [0.5, 0.6) is 0 Å². The van der Waals surface area contributed by atoms with Gasteiger partial charge in [-0.3, -0.25) is 4.79 Å². The van der Waals surface area contributed by atoms with Crippen LogP contribution < -0.4 is 0 Å². The molecule has 0 radical (unpaired) electrons. The molecule has 0 bridgehead atoms. The summed E-state index contributed by atoms with van der Waals surface area (Å²) < 4.78 is 4.82. The molecule has 0 saturated heterocycles. The van der Waals surface area contributed by atoms with Crippen molar-refractivity contribution in [3.8, 4) is 0 Å². The van der Waals surface area contributed by atoms with E-state index in [-0.39, 0.29) is 10.6 Å². The molecule has 0 spiro atoms. The first-order chi connectivity index (χ1) is 4.20. The van der Waals surface area contributed by atoms with Crippen molar-refractivity contribution in [3.63, 3.8) is 0 Å². The number of rotatable bonds is 3. The topological polar surface area (TPSA) is 26.3 Å². The van der Waals surface area contributed by atoms with Crippen molar-refractivity contribution in [2.75, 3.05) is 13.0 Å². The van der Waals surface area contributed by atoms with Crippen LogP contribution in [-0.2, 0) is 9.53 Å². The molecular formula is C5H9ClO2S. The van der Waals surface area contributed by atoms with Crippen LogP contribution in [0.25, 0.3) is 0 Å². The Morgan fingerprint density at radius 2 is 2.44 bits per heavy atom. The summed E-state index contributed by atoms with van der Waals surface area (Å²) in [6.45, 7) is 1.49. The lowest BCUT2D eigenvalue weighted by Gasteiger charge is -2.06. The molecule has 1 atom stereocenters. The Labute approximate surface area is 63.9 Å². The van der Waals surface area contributed by atoms with E-state index in [1.54, 1.807) is 0 Å². The highest BCUT2D eigenvalue weighted by atomic mass is 35.5. The van der Waals surface area contributed by atoms with Crippen molar-refractivity contribution < 1.29 is 9.53 Å². The van der Waals surface area contributed by atoms with Gasteiger partial charge < -0.3 is 4.74 Å². The molecule has 0 rings (SSSR count). The van der Waals surface area contributed by atoms with Crippen LogP contribution in [0.3, 0.4) is 0 Å². The highest BCUT2D eigenvalue weighted by Gasteiger charge is 2.07. The average molecular weight is 169 g/mol. The Kier molecular flexibility index (Phi) is 5.24. The van der Waals surface area contributed by atoms with Gasteiger partial charge in [0.2, 0.25) is 0 Å². The summed E-state index contributed by atoms with van der Waals surface area (Å²) in [7, 11) is 1.53. The second kappa shape index (κ2) is 5.09.